The first-order valence-corrected chi connectivity index (χ1v) is 7.42. The molecular weight excluding hydrogens is 310 g/mol. The lowest BCUT2D eigenvalue weighted by Crippen LogP contribution is -2.59. The van der Waals surface area contributed by atoms with E-state index in [4.69, 9.17) is 14.7 Å². The first kappa shape index (κ1) is 16.0. The highest BCUT2D eigenvalue weighted by atomic mass is 16.6. The van der Waals surface area contributed by atoms with E-state index in [9.17, 15) is 9.90 Å². The fourth-order valence-corrected chi connectivity index (χ4v) is 2.61. The minimum Gasteiger partial charge on any atom is -0.484 e. The second-order valence-electron chi connectivity index (χ2n) is 6.38. The highest BCUT2D eigenvalue weighted by Gasteiger charge is 2.54. The van der Waals surface area contributed by atoms with Crippen molar-refractivity contribution in [3.8, 4) is 17.7 Å². The summed E-state index contributed by atoms with van der Waals surface area (Å²) in [5.41, 5.74) is -1.73. The van der Waals surface area contributed by atoms with Crippen LogP contribution in [0.5, 0.6) is 11.6 Å². The maximum atomic E-state index is 11.1. The van der Waals surface area contributed by atoms with Crippen LogP contribution >= 0.6 is 0 Å². The topological polar surface area (TPSA) is 108 Å². The molecule has 0 spiro atoms. The Morgan fingerprint density at radius 1 is 1.33 bits per heavy atom. The number of nitrogens with zero attached hydrogens (tertiary/aromatic N) is 2. The molecule has 3 rings (SSSR count). The molecule has 0 saturated carbocycles. The van der Waals surface area contributed by atoms with Gasteiger partial charge in [0, 0.05) is 17.7 Å². The summed E-state index contributed by atoms with van der Waals surface area (Å²) in [4.78, 5) is 11.1. The maximum absolute atomic E-state index is 11.1. The third kappa shape index (κ3) is 2.51. The van der Waals surface area contributed by atoms with Gasteiger partial charge in [0.2, 0.25) is 5.88 Å². The number of hydrogen-bond donors (Lipinski definition) is 2. The molecule has 2 heterocycles. The molecule has 2 aromatic rings. The molecule has 0 radical (unpaired) electrons. The van der Waals surface area contributed by atoms with Gasteiger partial charge in [-0.25, -0.2) is 5.10 Å². The lowest BCUT2D eigenvalue weighted by molar-refractivity contribution is -0.175. The summed E-state index contributed by atoms with van der Waals surface area (Å²) in [7, 11) is 0. The van der Waals surface area contributed by atoms with E-state index >= 15 is 0 Å². The summed E-state index contributed by atoms with van der Waals surface area (Å²) in [6, 6.07) is 9.71. The molecule has 0 saturated heterocycles. The molecule has 1 aromatic heterocycles. The highest BCUT2D eigenvalue weighted by Crippen LogP contribution is 2.48. The number of nitriles is 1. The fourth-order valence-electron chi connectivity index (χ4n) is 2.61. The zero-order valence-corrected chi connectivity index (χ0v) is 13.5. The summed E-state index contributed by atoms with van der Waals surface area (Å²) < 4.78 is 11.8. The largest absolute Gasteiger partial charge is 0.484 e. The van der Waals surface area contributed by atoms with Gasteiger partial charge in [-0.2, -0.15) is 5.26 Å². The lowest BCUT2D eigenvalue weighted by atomic mass is 9.77. The van der Waals surface area contributed by atoms with Crippen LogP contribution in [0.1, 0.15) is 38.0 Å². The van der Waals surface area contributed by atoms with E-state index in [-0.39, 0.29) is 11.4 Å². The van der Waals surface area contributed by atoms with Gasteiger partial charge < -0.3 is 14.6 Å². The van der Waals surface area contributed by atoms with E-state index in [1.54, 1.807) is 39.0 Å². The van der Waals surface area contributed by atoms with Crippen molar-refractivity contribution < 1.29 is 14.6 Å². The van der Waals surface area contributed by atoms with Crippen molar-refractivity contribution in [1.29, 1.82) is 5.26 Å². The molecule has 2 atom stereocenters. The van der Waals surface area contributed by atoms with Crippen LogP contribution in [0.2, 0.25) is 0 Å². The van der Waals surface area contributed by atoms with Gasteiger partial charge in [-0.05, 0) is 39.0 Å². The van der Waals surface area contributed by atoms with Crippen molar-refractivity contribution in [2.75, 3.05) is 0 Å². The highest BCUT2D eigenvalue weighted by molar-refractivity contribution is 5.47. The number of ether oxygens (including phenoxy) is 2. The Morgan fingerprint density at radius 3 is 2.71 bits per heavy atom. The van der Waals surface area contributed by atoms with Crippen LogP contribution in [0.3, 0.4) is 0 Å². The van der Waals surface area contributed by atoms with Crippen molar-refractivity contribution in [3.05, 3.63) is 51.8 Å². The van der Waals surface area contributed by atoms with E-state index in [1.165, 1.54) is 12.1 Å². The number of aliphatic hydroxyl groups is 1. The minimum absolute atomic E-state index is 0.158. The van der Waals surface area contributed by atoms with Gasteiger partial charge in [0.05, 0.1) is 11.6 Å². The number of benzene rings is 1. The Morgan fingerprint density at radius 2 is 2.08 bits per heavy atom. The molecule has 0 amide bonds. The molecule has 1 aliphatic rings. The van der Waals surface area contributed by atoms with Gasteiger partial charge in [0.25, 0.3) is 5.56 Å². The predicted octanol–water partition coefficient (Wildman–Crippen LogP) is 1.68. The zero-order chi connectivity index (χ0) is 17.5. The smallest absolute Gasteiger partial charge is 0.264 e. The van der Waals surface area contributed by atoms with Gasteiger partial charge >= 0.3 is 0 Å². The van der Waals surface area contributed by atoms with Gasteiger partial charge in [0.1, 0.15) is 17.0 Å². The molecule has 2 N–H and O–H groups in total. The monoisotopic (exact) mass is 327 g/mol. The van der Waals surface area contributed by atoms with Crippen LogP contribution in [0.4, 0.5) is 0 Å². The summed E-state index contributed by atoms with van der Waals surface area (Å²) in [5, 5.41) is 26.3. The van der Waals surface area contributed by atoms with E-state index in [0.717, 1.165) is 0 Å². The third-order valence-electron chi connectivity index (χ3n) is 4.41. The number of fused-ring (bicyclic) bond motifs is 1. The lowest BCUT2D eigenvalue weighted by Gasteiger charge is -2.48. The van der Waals surface area contributed by atoms with Crippen molar-refractivity contribution in [2.24, 2.45) is 0 Å². The van der Waals surface area contributed by atoms with Crippen molar-refractivity contribution >= 4 is 0 Å². The van der Waals surface area contributed by atoms with Crippen molar-refractivity contribution in [3.63, 3.8) is 0 Å². The standard InChI is InChI=1S/C17H17N3O4/c1-16(2)17(3,22)15(23-14-7-6-13(21)19-20-14)11-8-10(9-18)4-5-12(11)24-16/h4-8,15,22H,1-3H3,(H,19,21)/t15-,17+/m1/s1. The van der Waals surface area contributed by atoms with Crippen LogP contribution in [0.15, 0.2) is 35.1 Å². The van der Waals surface area contributed by atoms with Gasteiger partial charge in [-0.15, -0.1) is 5.10 Å². The molecule has 0 bridgehead atoms. The first-order chi connectivity index (χ1) is 11.2. The number of aromatic nitrogens is 2. The third-order valence-corrected chi connectivity index (χ3v) is 4.41. The van der Waals surface area contributed by atoms with Crippen LogP contribution in [0.25, 0.3) is 0 Å². The molecule has 124 valence electrons. The van der Waals surface area contributed by atoms with Crippen LogP contribution in [0, 0.1) is 11.3 Å². The first-order valence-electron chi connectivity index (χ1n) is 7.42. The number of H-pyrrole nitrogens is 1. The Bertz CT molecular complexity index is 860. The summed E-state index contributed by atoms with van der Waals surface area (Å²) >= 11 is 0. The zero-order valence-electron chi connectivity index (χ0n) is 13.5. The van der Waals surface area contributed by atoms with E-state index in [2.05, 4.69) is 16.3 Å². The Kier molecular flexibility index (Phi) is 3.57. The number of rotatable bonds is 2. The molecule has 1 aromatic carbocycles. The number of hydrogen-bond acceptors (Lipinski definition) is 6. The van der Waals surface area contributed by atoms with Crippen LogP contribution in [-0.4, -0.2) is 26.5 Å². The molecule has 0 unspecified atom stereocenters. The van der Waals surface area contributed by atoms with E-state index < -0.39 is 17.3 Å². The number of nitrogens with one attached hydrogen (secondary N) is 1. The normalized spacial score (nSPS) is 24.4. The SMILES string of the molecule is CC1(C)Oc2ccc(C#N)cc2[C@@H](Oc2ccc(=O)[nH]n2)[C@]1(C)O. The van der Waals surface area contributed by atoms with Gasteiger partial charge in [0.15, 0.2) is 6.10 Å². The van der Waals surface area contributed by atoms with Gasteiger partial charge in [-0.3, -0.25) is 4.79 Å². The summed E-state index contributed by atoms with van der Waals surface area (Å²) in [6.45, 7) is 5.11. The van der Waals surface area contributed by atoms with Crippen LogP contribution < -0.4 is 15.0 Å². The predicted molar refractivity (Wildman–Crippen MR) is 84.7 cm³/mol. The van der Waals surface area contributed by atoms with Crippen molar-refractivity contribution in [1.82, 2.24) is 10.2 Å². The number of aromatic amines is 1. The minimum atomic E-state index is -1.41. The molecule has 7 nitrogen and oxygen atoms in total. The maximum Gasteiger partial charge on any atom is 0.264 e. The van der Waals surface area contributed by atoms with Crippen molar-refractivity contribution in [2.45, 2.75) is 38.1 Å². The Hall–Kier alpha value is -2.85. The Balaban J connectivity index is 2.11. The summed E-state index contributed by atoms with van der Waals surface area (Å²) in [6.07, 6.45) is -0.831. The fraction of sp³-hybridized carbons (Fsp3) is 0.353. The molecule has 1 aliphatic heterocycles. The second kappa shape index (κ2) is 5.35. The quantitative estimate of drug-likeness (QED) is 0.869. The van der Waals surface area contributed by atoms with Gasteiger partial charge in [-0.1, -0.05) is 0 Å². The van der Waals surface area contributed by atoms with E-state index in [0.29, 0.717) is 16.9 Å². The average Bonchev–Trinajstić information content (AvgIpc) is 2.53. The Labute approximate surface area is 138 Å². The van der Waals surface area contributed by atoms with E-state index in [1.807, 2.05) is 0 Å². The second-order valence-corrected chi connectivity index (χ2v) is 6.38. The molecule has 0 aliphatic carbocycles. The molecule has 0 fully saturated rings. The molecule has 24 heavy (non-hydrogen) atoms. The van der Waals surface area contributed by atoms with Crippen LogP contribution in [-0.2, 0) is 0 Å². The average molecular weight is 327 g/mol. The molecule has 7 heteroatoms. The molecular formula is C17H17N3O4. The summed E-state index contributed by atoms with van der Waals surface area (Å²) in [5.74, 6) is 0.686.